The number of Topliss-reactive ketones (excluding diaryl/α,β-unsaturated/α-hetero) is 1. The number of hydrogen-bond acceptors (Lipinski definition) is 7. The van der Waals surface area contributed by atoms with Crippen LogP contribution in [0.1, 0.15) is 44.5 Å². The third-order valence-corrected chi connectivity index (χ3v) is 6.56. The molecule has 4 heterocycles. The third-order valence-electron chi connectivity index (χ3n) is 6.56. The third kappa shape index (κ3) is 4.72. The van der Waals surface area contributed by atoms with Crippen molar-refractivity contribution in [3.8, 4) is 16.9 Å². The molecule has 0 radical (unpaired) electrons. The van der Waals surface area contributed by atoms with Crippen molar-refractivity contribution in [2.75, 3.05) is 7.11 Å². The maximum Gasteiger partial charge on any atom is 0.262 e. The van der Waals surface area contributed by atoms with Crippen molar-refractivity contribution in [2.24, 2.45) is 0 Å². The fourth-order valence-corrected chi connectivity index (χ4v) is 4.92. The molecule has 0 amide bonds. The number of carbonyl (C=O) groups is 1. The first-order valence-corrected chi connectivity index (χ1v) is 12.3. The Morgan fingerprint density at radius 2 is 1.84 bits per heavy atom. The molecule has 0 aliphatic carbocycles. The lowest BCUT2D eigenvalue weighted by molar-refractivity contribution is 0.0990. The maximum atomic E-state index is 13.8. The summed E-state index contributed by atoms with van der Waals surface area (Å²) in [5.74, 6) is 0.928. The Morgan fingerprint density at radius 1 is 1.03 bits per heavy atom. The fourth-order valence-electron chi connectivity index (χ4n) is 4.92. The van der Waals surface area contributed by atoms with Gasteiger partial charge >= 0.3 is 0 Å². The molecule has 192 valence electrons. The summed E-state index contributed by atoms with van der Waals surface area (Å²) >= 11 is 0. The second-order valence-electron chi connectivity index (χ2n) is 9.46. The fraction of sp³-hybridized carbons (Fsp3) is 0.233. The molecule has 5 aromatic rings. The summed E-state index contributed by atoms with van der Waals surface area (Å²) in [5, 5.41) is 4.80. The number of pyridine rings is 3. The van der Waals surface area contributed by atoms with Gasteiger partial charge in [0.15, 0.2) is 5.78 Å². The van der Waals surface area contributed by atoms with Crippen LogP contribution in [0, 0.1) is 27.7 Å². The van der Waals surface area contributed by atoms with Crippen molar-refractivity contribution in [1.29, 1.82) is 0 Å². The van der Waals surface area contributed by atoms with E-state index in [4.69, 9.17) is 9.26 Å². The predicted molar refractivity (Wildman–Crippen MR) is 145 cm³/mol. The zero-order chi connectivity index (χ0) is 27.0. The number of methoxy groups -OCH3 is 1. The summed E-state index contributed by atoms with van der Waals surface area (Å²) in [5.41, 5.74) is 5.84. The number of rotatable bonds is 7. The van der Waals surface area contributed by atoms with E-state index in [1.807, 2.05) is 70.2 Å². The Hall–Kier alpha value is -4.59. The highest BCUT2D eigenvalue weighted by molar-refractivity contribution is 6.01. The van der Waals surface area contributed by atoms with Crippen LogP contribution < -0.4 is 10.3 Å². The Labute approximate surface area is 219 Å². The van der Waals surface area contributed by atoms with Gasteiger partial charge in [-0.3, -0.25) is 19.6 Å². The van der Waals surface area contributed by atoms with Gasteiger partial charge in [0, 0.05) is 34.6 Å². The van der Waals surface area contributed by atoms with Crippen LogP contribution in [0.15, 0.2) is 64.0 Å². The van der Waals surface area contributed by atoms with Gasteiger partial charge in [0.25, 0.3) is 5.56 Å². The molecule has 8 heteroatoms. The number of carbonyl (C=O) groups excluding carboxylic acids is 1. The SMILES string of the molecule is COc1cc2c(cc1-c1c(C)noc1C)cc(C(=O)Cc1cc(C)cc(C)n1)c(=O)n2Cc1ccccn1. The summed E-state index contributed by atoms with van der Waals surface area (Å²) in [4.78, 5) is 36.2. The molecule has 0 spiro atoms. The van der Waals surface area contributed by atoms with Crippen molar-refractivity contribution >= 4 is 16.7 Å². The van der Waals surface area contributed by atoms with Crippen LogP contribution >= 0.6 is 0 Å². The van der Waals surface area contributed by atoms with E-state index in [9.17, 15) is 9.59 Å². The van der Waals surface area contributed by atoms with Crippen molar-refractivity contribution < 1.29 is 14.1 Å². The average Bonchev–Trinajstić information content (AvgIpc) is 3.22. The number of fused-ring (bicyclic) bond motifs is 1. The van der Waals surface area contributed by atoms with Crippen LogP contribution in [-0.2, 0) is 13.0 Å². The zero-order valence-corrected chi connectivity index (χ0v) is 22.0. The summed E-state index contributed by atoms with van der Waals surface area (Å²) in [6.45, 7) is 7.76. The number of ether oxygens (including phenoxy) is 1. The molecule has 0 unspecified atom stereocenters. The van der Waals surface area contributed by atoms with Crippen molar-refractivity contribution in [3.05, 3.63) is 105 Å². The van der Waals surface area contributed by atoms with Gasteiger partial charge in [-0.05, 0) is 69.7 Å². The standard InChI is InChI=1S/C30H28N4O4/c1-17-10-18(2)32-23(11-17)14-27(35)24-12-21-13-25(29-19(3)33-38-20(29)4)28(37-5)15-26(21)34(30(24)36)16-22-8-6-7-9-31-22/h6-13,15H,14,16H2,1-5H3. The molecule has 5 rings (SSSR count). The highest BCUT2D eigenvalue weighted by Crippen LogP contribution is 2.37. The average molecular weight is 509 g/mol. The number of ketones is 1. The number of aromatic nitrogens is 4. The topological polar surface area (TPSA) is 100 Å². The lowest BCUT2D eigenvalue weighted by Gasteiger charge is -2.16. The van der Waals surface area contributed by atoms with E-state index in [1.165, 1.54) is 0 Å². The van der Waals surface area contributed by atoms with Crippen LogP contribution in [0.2, 0.25) is 0 Å². The summed E-state index contributed by atoms with van der Waals surface area (Å²) in [7, 11) is 1.58. The van der Waals surface area contributed by atoms with E-state index in [1.54, 1.807) is 23.9 Å². The first kappa shape index (κ1) is 25.1. The van der Waals surface area contributed by atoms with Crippen LogP contribution in [-0.4, -0.2) is 32.6 Å². The maximum absolute atomic E-state index is 13.8. The van der Waals surface area contributed by atoms with Crippen LogP contribution in [0.25, 0.3) is 22.0 Å². The second-order valence-corrected chi connectivity index (χ2v) is 9.46. The minimum absolute atomic E-state index is 0.0275. The van der Waals surface area contributed by atoms with Gasteiger partial charge < -0.3 is 13.8 Å². The van der Waals surface area contributed by atoms with Gasteiger partial charge in [-0.15, -0.1) is 0 Å². The Morgan fingerprint density at radius 3 is 2.50 bits per heavy atom. The second kappa shape index (κ2) is 10.0. The Bertz CT molecular complexity index is 1700. The first-order chi connectivity index (χ1) is 18.2. The van der Waals surface area contributed by atoms with Gasteiger partial charge in [-0.2, -0.15) is 0 Å². The van der Waals surface area contributed by atoms with Crippen molar-refractivity contribution in [3.63, 3.8) is 0 Å². The van der Waals surface area contributed by atoms with E-state index < -0.39 is 0 Å². The van der Waals surface area contributed by atoms with Gasteiger partial charge in [0.05, 0.1) is 48.1 Å². The van der Waals surface area contributed by atoms with Crippen molar-refractivity contribution in [2.45, 2.75) is 40.7 Å². The molecule has 0 fully saturated rings. The van der Waals surface area contributed by atoms with E-state index in [0.717, 1.165) is 28.1 Å². The van der Waals surface area contributed by atoms with E-state index in [0.29, 0.717) is 33.8 Å². The molecule has 0 saturated carbocycles. The Kier molecular flexibility index (Phi) is 6.63. The van der Waals surface area contributed by atoms with Gasteiger partial charge in [0.1, 0.15) is 11.5 Å². The van der Waals surface area contributed by atoms with E-state index >= 15 is 0 Å². The molecule has 0 atom stereocenters. The number of hydrogen-bond donors (Lipinski definition) is 0. The molecule has 8 nitrogen and oxygen atoms in total. The molecule has 0 aliphatic heterocycles. The lowest BCUT2D eigenvalue weighted by atomic mass is 9.98. The highest BCUT2D eigenvalue weighted by Gasteiger charge is 2.22. The zero-order valence-electron chi connectivity index (χ0n) is 22.0. The van der Waals surface area contributed by atoms with Crippen LogP contribution in [0.3, 0.4) is 0 Å². The Balaban J connectivity index is 1.72. The van der Waals surface area contributed by atoms with Crippen LogP contribution in [0.5, 0.6) is 5.75 Å². The number of nitrogens with zero attached hydrogens (tertiary/aromatic N) is 4. The summed E-state index contributed by atoms with van der Waals surface area (Å²) in [6, 6.07) is 14.8. The molecule has 0 bridgehead atoms. The molecule has 38 heavy (non-hydrogen) atoms. The smallest absolute Gasteiger partial charge is 0.262 e. The molecule has 4 aromatic heterocycles. The van der Waals surface area contributed by atoms with Gasteiger partial charge in [-0.1, -0.05) is 11.2 Å². The molecule has 0 saturated heterocycles. The quantitative estimate of drug-likeness (QED) is 0.280. The summed E-state index contributed by atoms with van der Waals surface area (Å²) in [6.07, 6.45) is 1.71. The molecule has 0 aliphatic rings. The van der Waals surface area contributed by atoms with Gasteiger partial charge in [-0.25, -0.2) is 0 Å². The molecular weight excluding hydrogens is 480 g/mol. The largest absolute Gasteiger partial charge is 0.496 e. The number of aryl methyl sites for hydroxylation is 4. The monoisotopic (exact) mass is 508 g/mol. The van der Waals surface area contributed by atoms with Crippen molar-refractivity contribution in [1.82, 2.24) is 19.7 Å². The molecular formula is C30H28N4O4. The highest BCUT2D eigenvalue weighted by atomic mass is 16.5. The van der Waals surface area contributed by atoms with E-state index in [2.05, 4.69) is 15.1 Å². The molecule has 1 aromatic carbocycles. The summed E-state index contributed by atoms with van der Waals surface area (Å²) < 4.78 is 12.7. The minimum Gasteiger partial charge on any atom is -0.496 e. The van der Waals surface area contributed by atoms with E-state index in [-0.39, 0.29) is 29.9 Å². The first-order valence-electron chi connectivity index (χ1n) is 12.3. The predicted octanol–water partition coefficient (Wildman–Crippen LogP) is 5.16. The molecule has 0 N–H and O–H groups in total. The normalized spacial score (nSPS) is 11.2. The number of benzene rings is 1. The lowest BCUT2D eigenvalue weighted by Crippen LogP contribution is -2.28. The van der Waals surface area contributed by atoms with Gasteiger partial charge in [0.2, 0.25) is 0 Å². The minimum atomic E-state index is -0.385. The van der Waals surface area contributed by atoms with Crippen LogP contribution in [0.4, 0.5) is 0 Å².